The highest BCUT2D eigenvalue weighted by atomic mass is 16.5. The first-order chi connectivity index (χ1) is 15.6. The van der Waals surface area contributed by atoms with Gasteiger partial charge in [-0.2, -0.15) is 5.10 Å². The van der Waals surface area contributed by atoms with Gasteiger partial charge in [-0.05, 0) is 43.2 Å². The molecule has 1 aliphatic rings. The number of carbonyl (C=O) groups excluding carboxylic acids is 1. The summed E-state index contributed by atoms with van der Waals surface area (Å²) in [6.45, 7) is 1.19. The minimum Gasteiger partial charge on any atom is -0.493 e. The second kappa shape index (κ2) is 9.59. The van der Waals surface area contributed by atoms with E-state index >= 15 is 0 Å². The van der Waals surface area contributed by atoms with Gasteiger partial charge in [-0.15, -0.1) is 0 Å². The molecule has 0 spiro atoms. The number of aromatic nitrogens is 3. The summed E-state index contributed by atoms with van der Waals surface area (Å²) in [6, 6.07) is 8.96. The lowest BCUT2D eigenvalue weighted by Gasteiger charge is -2.32. The fourth-order valence-corrected chi connectivity index (χ4v) is 3.81. The number of pyridine rings is 1. The Kier molecular flexibility index (Phi) is 6.44. The van der Waals surface area contributed by atoms with E-state index in [1.54, 1.807) is 56.8 Å². The number of hydrogen-bond acceptors (Lipinski definition) is 7. The summed E-state index contributed by atoms with van der Waals surface area (Å²) in [7, 11) is 4.67. The normalized spacial score (nSPS) is 15.8. The summed E-state index contributed by atoms with van der Waals surface area (Å²) < 4.78 is 22.2. The molecule has 4 rings (SSSR count). The molecule has 1 atom stereocenters. The van der Waals surface area contributed by atoms with Crippen LogP contribution in [0.4, 0.5) is 0 Å². The zero-order valence-electron chi connectivity index (χ0n) is 18.3. The van der Waals surface area contributed by atoms with Gasteiger partial charge in [-0.3, -0.25) is 14.9 Å². The molecule has 3 heterocycles. The van der Waals surface area contributed by atoms with Gasteiger partial charge in [0.25, 0.3) is 5.91 Å². The second-order valence-corrected chi connectivity index (χ2v) is 7.40. The van der Waals surface area contributed by atoms with Crippen LogP contribution in [0.3, 0.4) is 0 Å². The monoisotopic (exact) mass is 438 g/mol. The van der Waals surface area contributed by atoms with Crippen LogP contribution in [0.25, 0.3) is 11.3 Å². The van der Waals surface area contributed by atoms with Crippen molar-refractivity contribution in [2.75, 3.05) is 34.4 Å². The fraction of sp³-hybridized carbons (Fsp3) is 0.348. The van der Waals surface area contributed by atoms with Crippen LogP contribution in [0.1, 0.15) is 23.3 Å². The summed E-state index contributed by atoms with van der Waals surface area (Å²) in [4.78, 5) is 18.9. The lowest BCUT2D eigenvalue weighted by atomic mass is 10.1. The van der Waals surface area contributed by atoms with Crippen molar-refractivity contribution in [1.82, 2.24) is 20.1 Å². The molecule has 1 aliphatic heterocycles. The highest BCUT2D eigenvalue weighted by Crippen LogP contribution is 2.40. The molecule has 0 aliphatic carbocycles. The van der Waals surface area contributed by atoms with Crippen molar-refractivity contribution in [2.24, 2.45) is 0 Å². The molecule has 3 aromatic rings. The van der Waals surface area contributed by atoms with Crippen molar-refractivity contribution in [2.45, 2.75) is 18.9 Å². The van der Waals surface area contributed by atoms with E-state index in [1.165, 1.54) is 0 Å². The molecule has 1 amide bonds. The van der Waals surface area contributed by atoms with Crippen LogP contribution in [-0.4, -0.2) is 66.5 Å². The first kappa shape index (κ1) is 21.5. The Morgan fingerprint density at radius 3 is 2.44 bits per heavy atom. The molecular weight excluding hydrogens is 412 g/mol. The van der Waals surface area contributed by atoms with Crippen molar-refractivity contribution in [3.05, 3.63) is 48.4 Å². The number of nitrogens with zero attached hydrogens (tertiary/aromatic N) is 3. The average molecular weight is 438 g/mol. The predicted octanol–water partition coefficient (Wildman–Crippen LogP) is 3.18. The first-order valence-electron chi connectivity index (χ1n) is 10.3. The number of nitrogens with one attached hydrogen (secondary N) is 1. The van der Waals surface area contributed by atoms with Gasteiger partial charge in [0.15, 0.2) is 11.5 Å². The number of carbonyl (C=O) groups is 1. The van der Waals surface area contributed by atoms with E-state index in [0.29, 0.717) is 41.7 Å². The molecule has 1 saturated heterocycles. The van der Waals surface area contributed by atoms with Gasteiger partial charge >= 0.3 is 0 Å². The highest BCUT2D eigenvalue weighted by molar-refractivity contribution is 5.93. The molecule has 9 nitrogen and oxygen atoms in total. The van der Waals surface area contributed by atoms with Crippen LogP contribution in [0.2, 0.25) is 0 Å². The van der Waals surface area contributed by atoms with E-state index in [2.05, 4.69) is 15.2 Å². The number of hydrogen-bond donors (Lipinski definition) is 1. The Labute approximate surface area is 186 Å². The summed E-state index contributed by atoms with van der Waals surface area (Å²) in [6.07, 6.45) is 5.08. The molecule has 168 valence electrons. The van der Waals surface area contributed by atoms with Crippen LogP contribution in [-0.2, 0) is 0 Å². The molecule has 32 heavy (non-hydrogen) atoms. The van der Waals surface area contributed by atoms with Crippen LogP contribution in [0.5, 0.6) is 23.0 Å². The Morgan fingerprint density at radius 1 is 1.06 bits per heavy atom. The predicted molar refractivity (Wildman–Crippen MR) is 117 cm³/mol. The molecule has 1 fully saturated rings. The number of amides is 1. The van der Waals surface area contributed by atoms with Gasteiger partial charge in [0.05, 0.1) is 33.6 Å². The number of methoxy groups -OCH3 is 3. The zero-order chi connectivity index (χ0) is 22.5. The second-order valence-electron chi connectivity index (χ2n) is 7.40. The smallest absolute Gasteiger partial charge is 0.272 e. The molecule has 0 radical (unpaired) electrons. The zero-order valence-corrected chi connectivity index (χ0v) is 18.3. The summed E-state index contributed by atoms with van der Waals surface area (Å²) in [5.41, 5.74) is 1.76. The minimum absolute atomic E-state index is 0.0624. The molecule has 2 aromatic heterocycles. The van der Waals surface area contributed by atoms with Crippen molar-refractivity contribution in [1.29, 1.82) is 0 Å². The van der Waals surface area contributed by atoms with Crippen LogP contribution < -0.4 is 18.9 Å². The third kappa shape index (κ3) is 4.46. The first-order valence-corrected chi connectivity index (χ1v) is 10.3. The third-order valence-electron chi connectivity index (χ3n) is 5.39. The number of rotatable bonds is 7. The maximum atomic E-state index is 13.1. The van der Waals surface area contributed by atoms with E-state index < -0.39 is 0 Å². The number of H-pyrrole nitrogens is 1. The van der Waals surface area contributed by atoms with E-state index in [-0.39, 0.29) is 12.0 Å². The summed E-state index contributed by atoms with van der Waals surface area (Å²) >= 11 is 0. The van der Waals surface area contributed by atoms with Gasteiger partial charge in [0.1, 0.15) is 17.5 Å². The number of piperidine rings is 1. The van der Waals surface area contributed by atoms with Gasteiger partial charge in [0.2, 0.25) is 5.75 Å². The molecule has 1 N–H and O–H groups in total. The topological polar surface area (TPSA) is 98.8 Å². The van der Waals surface area contributed by atoms with Gasteiger partial charge in [0, 0.05) is 24.5 Å². The van der Waals surface area contributed by atoms with E-state index in [1.807, 2.05) is 12.1 Å². The van der Waals surface area contributed by atoms with Gasteiger partial charge in [-0.1, -0.05) is 0 Å². The SMILES string of the molecule is COc1cc(-c2cc(C(=O)N3CCCC(Oc4ccncc4)C3)[nH]n2)cc(OC)c1OC. The van der Waals surface area contributed by atoms with Gasteiger partial charge in [-0.25, -0.2) is 0 Å². The maximum absolute atomic E-state index is 13.1. The molecular formula is C23H26N4O5. The highest BCUT2D eigenvalue weighted by Gasteiger charge is 2.27. The molecule has 1 aromatic carbocycles. The van der Waals surface area contributed by atoms with Crippen LogP contribution in [0.15, 0.2) is 42.7 Å². The number of ether oxygens (including phenoxy) is 4. The van der Waals surface area contributed by atoms with Gasteiger partial charge < -0.3 is 23.8 Å². The van der Waals surface area contributed by atoms with E-state index in [4.69, 9.17) is 18.9 Å². The maximum Gasteiger partial charge on any atom is 0.272 e. The molecule has 0 saturated carbocycles. The van der Waals surface area contributed by atoms with E-state index in [0.717, 1.165) is 24.2 Å². The van der Waals surface area contributed by atoms with Crippen LogP contribution in [0, 0.1) is 0 Å². The lowest BCUT2D eigenvalue weighted by molar-refractivity contribution is 0.0532. The lowest BCUT2D eigenvalue weighted by Crippen LogP contribution is -2.44. The third-order valence-corrected chi connectivity index (χ3v) is 5.39. The standard InChI is InChI=1S/C23H26N4O5/c1-29-20-11-15(12-21(30-2)22(20)31-3)18-13-19(26-25-18)23(28)27-10-4-5-17(14-27)32-16-6-8-24-9-7-16/h6-9,11-13,17H,4-5,10,14H2,1-3H3,(H,25,26). The van der Waals surface area contributed by atoms with Crippen molar-refractivity contribution in [3.63, 3.8) is 0 Å². The summed E-state index contributed by atoms with van der Waals surface area (Å²) in [5.74, 6) is 2.18. The minimum atomic E-state index is -0.112. The largest absolute Gasteiger partial charge is 0.493 e. The van der Waals surface area contributed by atoms with Crippen molar-refractivity contribution < 1.29 is 23.7 Å². The van der Waals surface area contributed by atoms with Crippen LogP contribution >= 0.6 is 0 Å². The van der Waals surface area contributed by atoms with Crippen molar-refractivity contribution >= 4 is 5.91 Å². The summed E-state index contributed by atoms with van der Waals surface area (Å²) in [5, 5.41) is 7.20. The molecule has 0 bridgehead atoms. The Hall–Kier alpha value is -3.75. The quantitative estimate of drug-likeness (QED) is 0.605. The molecule has 1 unspecified atom stereocenters. The Morgan fingerprint density at radius 2 is 1.78 bits per heavy atom. The number of aromatic amines is 1. The molecule has 9 heteroatoms. The Bertz CT molecular complexity index is 1040. The fourth-order valence-electron chi connectivity index (χ4n) is 3.81. The van der Waals surface area contributed by atoms with Crippen molar-refractivity contribution in [3.8, 4) is 34.3 Å². The Balaban J connectivity index is 1.50. The number of likely N-dealkylation sites (tertiary alicyclic amines) is 1. The average Bonchev–Trinajstić information content (AvgIpc) is 3.33. The van der Waals surface area contributed by atoms with E-state index in [9.17, 15) is 4.79 Å². The number of benzene rings is 1.